The zero-order chi connectivity index (χ0) is 24.2. The molecule has 0 saturated carbocycles. The molecule has 1 aromatic rings. The van der Waals surface area contributed by atoms with Crippen molar-refractivity contribution in [3.05, 3.63) is 30.1 Å². The lowest BCUT2D eigenvalue weighted by Gasteiger charge is -2.40. The quantitative estimate of drug-likeness (QED) is 0.337. The van der Waals surface area contributed by atoms with Crippen LogP contribution in [0.2, 0.25) is 0 Å². The van der Waals surface area contributed by atoms with Gasteiger partial charge in [-0.2, -0.15) is 61.5 Å². The van der Waals surface area contributed by atoms with E-state index in [1.54, 1.807) is 0 Å². The molecule has 1 rings (SSSR count). The minimum atomic E-state index is -8.78. The third-order valence-corrected chi connectivity index (χ3v) is 6.11. The Morgan fingerprint density at radius 2 is 0.900 bits per heavy atom. The summed E-state index contributed by atoms with van der Waals surface area (Å²) in [6, 6.07) is 0.191. The lowest BCUT2D eigenvalue weighted by Crippen LogP contribution is -2.60. The maximum atomic E-state index is 13.9. The molecule has 0 radical (unpaired) electrons. The van der Waals surface area contributed by atoms with E-state index in [1.807, 2.05) is 0 Å². The van der Waals surface area contributed by atoms with Crippen LogP contribution >= 0.6 is 7.29 Å². The van der Waals surface area contributed by atoms with E-state index in [0.717, 1.165) is 0 Å². The lowest BCUT2D eigenvalue weighted by molar-refractivity contribution is -0.345. The minimum Gasteiger partial charge on any atom is -0.327 e. The van der Waals surface area contributed by atoms with Gasteiger partial charge < -0.3 is 5.09 Å². The summed E-state index contributed by atoms with van der Waals surface area (Å²) in [6.07, 6.45) is -15.0. The van der Waals surface area contributed by atoms with Crippen molar-refractivity contribution in [3.63, 3.8) is 0 Å². The molecule has 0 aliphatic rings. The molecule has 0 unspecified atom stereocenters. The summed E-state index contributed by atoms with van der Waals surface area (Å²) in [5.41, 5.74) is -17.1. The van der Waals surface area contributed by atoms with Gasteiger partial charge in [0.05, 0.1) is 0 Å². The topological polar surface area (TPSA) is 29.1 Å². The fourth-order valence-corrected chi connectivity index (χ4v) is 3.95. The van der Waals surface area contributed by atoms with Crippen molar-refractivity contribution >= 4 is 13.0 Å². The Kier molecular flexibility index (Phi) is 6.23. The second kappa shape index (κ2) is 7.12. The number of hydrogen-bond donors (Lipinski definition) is 1. The highest BCUT2D eigenvalue weighted by molar-refractivity contribution is 7.68. The number of anilines is 1. The van der Waals surface area contributed by atoms with Crippen LogP contribution in [0.3, 0.4) is 0 Å². The Bertz CT molecular complexity index is 768. The molecule has 0 bridgehead atoms. The molecule has 174 valence electrons. The number of halogens is 15. The van der Waals surface area contributed by atoms with Crippen LogP contribution in [-0.4, -0.2) is 35.5 Å². The summed E-state index contributed by atoms with van der Waals surface area (Å²) in [4.78, 5) is 0. The molecule has 0 saturated heterocycles. The van der Waals surface area contributed by atoms with Crippen LogP contribution < -0.4 is 5.09 Å². The molecule has 0 aliphatic heterocycles. The van der Waals surface area contributed by atoms with Gasteiger partial charge in [0, 0.05) is 5.69 Å². The molecule has 0 heterocycles. The summed E-state index contributed by atoms with van der Waals surface area (Å²) in [7, 11) is -8.78. The van der Waals surface area contributed by atoms with E-state index in [1.165, 1.54) is 0 Å². The SMILES string of the molecule is O=P(Nc1ccc(F)cc1)(C(F)(F)C(F)(F)C(F)(F)F)C(F)(F)C(F)(F)C(F)(F)F. The van der Waals surface area contributed by atoms with Crippen molar-refractivity contribution in [1.29, 1.82) is 0 Å². The van der Waals surface area contributed by atoms with Crippen LogP contribution in [0.25, 0.3) is 0 Å². The van der Waals surface area contributed by atoms with Crippen LogP contribution in [0.15, 0.2) is 24.3 Å². The number of hydrogen-bond acceptors (Lipinski definition) is 1. The fourth-order valence-electron chi connectivity index (χ4n) is 1.76. The van der Waals surface area contributed by atoms with Crippen molar-refractivity contribution in [2.75, 3.05) is 5.09 Å². The van der Waals surface area contributed by atoms with E-state index in [0.29, 0.717) is 0 Å². The van der Waals surface area contributed by atoms with Crippen molar-refractivity contribution < 1.29 is 70.4 Å². The molecule has 2 nitrogen and oxygen atoms in total. The van der Waals surface area contributed by atoms with E-state index >= 15 is 0 Å². The van der Waals surface area contributed by atoms with Crippen LogP contribution in [-0.2, 0) is 4.57 Å². The van der Waals surface area contributed by atoms with Crippen molar-refractivity contribution in [2.24, 2.45) is 0 Å². The average molecular weight is 495 g/mol. The Hall–Kier alpha value is -1.80. The summed E-state index contributed by atoms with van der Waals surface area (Å²) >= 11 is 0. The zero-order valence-electron chi connectivity index (χ0n) is 13.3. The molecule has 0 atom stereocenters. The van der Waals surface area contributed by atoms with Gasteiger partial charge in [-0.25, -0.2) is 4.39 Å². The largest absolute Gasteiger partial charge is 0.460 e. The highest BCUT2D eigenvalue weighted by atomic mass is 31.2. The molecule has 0 aliphatic carbocycles. The first kappa shape index (κ1) is 26.2. The standard InChI is InChI=1S/C12H5F15NOP/c13-5-1-3-6(4-2-5)28-30(29,11(24,25)7(14,15)9(18,19)20)12(26,27)8(16,17)10(21,22)23/h1-4H,(H,28,29). The third kappa shape index (κ3) is 3.68. The fraction of sp³-hybridized carbons (Fsp3) is 0.500. The van der Waals surface area contributed by atoms with E-state index in [2.05, 4.69) is 0 Å². The Balaban J connectivity index is 3.89. The summed E-state index contributed by atoms with van der Waals surface area (Å²) < 4.78 is 207. The van der Waals surface area contributed by atoms with Crippen molar-refractivity contribution in [1.82, 2.24) is 0 Å². The highest BCUT2D eigenvalue weighted by Gasteiger charge is 2.90. The third-order valence-electron chi connectivity index (χ3n) is 3.39. The molecular weight excluding hydrogens is 490 g/mol. The number of alkyl halides is 14. The van der Waals surface area contributed by atoms with Gasteiger partial charge in [0.2, 0.25) is 0 Å². The smallest absolute Gasteiger partial charge is 0.327 e. The molecule has 18 heteroatoms. The highest BCUT2D eigenvalue weighted by Crippen LogP contribution is 2.78. The van der Waals surface area contributed by atoms with Gasteiger partial charge in [-0.15, -0.1) is 0 Å². The maximum Gasteiger partial charge on any atom is 0.460 e. The summed E-state index contributed by atoms with van der Waals surface area (Å²) in [5, 5.41) is 0.0485. The van der Waals surface area contributed by atoms with Gasteiger partial charge in [-0.3, -0.25) is 4.57 Å². The molecule has 0 amide bonds. The zero-order valence-corrected chi connectivity index (χ0v) is 14.2. The molecule has 1 aromatic carbocycles. The lowest BCUT2D eigenvalue weighted by atomic mass is 10.3. The van der Waals surface area contributed by atoms with Crippen molar-refractivity contribution in [3.8, 4) is 0 Å². The first-order chi connectivity index (χ1) is 13.0. The first-order valence-corrected chi connectivity index (χ1v) is 8.47. The normalized spacial score (nSPS) is 15.3. The Labute approximate surface area is 155 Å². The number of benzene rings is 1. The van der Waals surface area contributed by atoms with Gasteiger partial charge in [0.15, 0.2) is 0 Å². The minimum absolute atomic E-state index is 0.0222. The van der Waals surface area contributed by atoms with Gasteiger partial charge in [-0.1, -0.05) is 0 Å². The molecule has 30 heavy (non-hydrogen) atoms. The van der Waals surface area contributed by atoms with Crippen molar-refractivity contribution in [2.45, 2.75) is 35.5 Å². The van der Waals surface area contributed by atoms with Gasteiger partial charge in [-0.05, 0) is 24.3 Å². The van der Waals surface area contributed by atoms with Gasteiger partial charge in [0.1, 0.15) is 5.82 Å². The monoisotopic (exact) mass is 495 g/mol. The second-order valence-corrected chi connectivity index (χ2v) is 8.02. The molecule has 0 fully saturated rings. The molecule has 0 aromatic heterocycles. The molecule has 1 N–H and O–H groups in total. The van der Waals surface area contributed by atoms with E-state index in [-0.39, 0.29) is 29.4 Å². The summed E-state index contributed by atoms with van der Waals surface area (Å²) in [5.74, 6) is -16.9. The molecular formula is C12H5F15NOP. The molecule has 0 spiro atoms. The average Bonchev–Trinajstić information content (AvgIpc) is 2.54. The van der Waals surface area contributed by atoms with E-state index in [9.17, 15) is 70.4 Å². The van der Waals surface area contributed by atoms with E-state index < -0.39 is 54.3 Å². The summed E-state index contributed by atoms with van der Waals surface area (Å²) in [6.45, 7) is 0. The number of nitrogens with one attached hydrogen (secondary N) is 1. The number of rotatable bonds is 6. The predicted molar refractivity (Wildman–Crippen MR) is 69.5 cm³/mol. The van der Waals surface area contributed by atoms with Crippen LogP contribution in [0.4, 0.5) is 71.5 Å². The predicted octanol–water partition coefficient (Wildman–Crippen LogP) is 7.10. The Morgan fingerprint density at radius 3 is 1.17 bits per heavy atom. The van der Waals surface area contributed by atoms with E-state index in [4.69, 9.17) is 0 Å². The van der Waals surface area contributed by atoms with Gasteiger partial charge >= 0.3 is 42.8 Å². The first-order valence-electron chi connectivity index (χ1n) is 6.76. The van der Waals surface area contributed by atoms with Crippen LogP contribution in [0.5, 0.6) is 0 Å². The van der Waals surface area contributed by atoms with Gasteiger partial charge in [0.25, 0.3) is 0 Å². The Morgan fingerprint density at radius 1 is 0.600 bits per heavy atom. The van der Waals surface area contributed by atoms with Crippen LogP contribution in [0, 0.1) is 5.82 Å². The van der Waals surface area contributed by atoms with Crippen LogP contribution in [0.1, 0.15) is 0 Å². The maximum absolute atomic E-state index is 13.9. The second-order valence-electron chi connectivity index (χ2n) is 5.45.